The van der Waals surface area contributed by atoms with E-state index in [1.807, 2.05) is 6.07 Å². The predicted molar refractivity (Wildman–Crippen MR) is 77.9 cm³/mol. The van der Waals surface area contributed by atoms with Gasteiger partial charge in [-0.2, -0.15) is 0 Å². The summed E-state index contributed by atoms with van der Waals surface area (Å²) in [5.74, 6) is 0.935. The minimum atomic E-state index is 0.459. The first-order valence-corrected chi connectivity index (χ1v) is 6.47. The molecule has 0 amide bonds. The quantitative estimate of drug-likeness (QED) is 0.778. The summed E-state index contributed by atoms with van der Waals surface area (Å²) in [5.41, 5.74) is 10.5. The largest absolute Gasteiger partial charge is 0.324 e. The van der Waals surface area contributed by atoms with Crippen LogP contribution >= 0.6 is 0 Å². The number of nitrogens with zero attached hydrogens (tertiary/aromatic N) is 2. The highest BCUT2D eigenvalue weighted by Gasteiger charge is 2.09. The van der Waals surface area contributed by atoms with Crippen molar-refractivity contribution in [3.05, 3.63) is 65.5 Å². The number of aromatic nitrogens is 2. The van der Waals surface area contributed by atoms with Crippen molar-refractivity contribution in [2.24, 2.45) is 5.73 Å². The van der Waals surface area contributed by atoms with Gasteiger partial charge in [-0.05, 0) is 30.2 Å². The maximum Gasteiger partial charge on any atom is 0.123 e. The summed E-state index contributed by atoms with van der Waals surface area (Å²) in [4.78, 5) is 4.63. The molecule has 0 radical (unpaired) electrons. The van der Waals surface area contributed by atoms with Gasteiger partial charge in [-0.3, -0.25) is 0 Å². The van der Waals surface area contributed by atoms with Crippen molar-refractivity contribution in [1.82, 2.24) is 9.55 Å². The Balaban J connectivity index is 2.11. The molecule has 2 aromatic carbocycles. The molecule has 2 N–H and O–H groups in total. The van der Waals surface area contributed by atoms with Gasteiger partial charge in [0.2, 0.25) is 0 Å². The zero-order valence-corrected chi connectivity index (χ0v) is 11.0. The van der Waals surface area contributed by atoms with Crippen LogP contribution in [0.3, 0.4) is 0 Å². The normalized spacial score (nSPS) is 11.1. The zero-order valence-electron chi connectivity index (χ0n) is 11.0. The van der Waals surface area contributed by atoms with E-state index in [2.05, 4.69) is 58.9 Å². The molecule has 0 saturated carbocycles. The number of hydrogen-bond donors (Lipinski definition) is 1. The van der Waals surface area contributed by atoms with Gasteiger partial charge >= 0.3 is 0 Å². The zero-order chi connectivity index (χ0) is 13.2. The molecule has 0 aliphatic rings. The van der Waals surface area contributed by atoms with Crippen LogP contribution in [0, 0.1) is 6.92 Å². The highest BCUT2D eigenvalue weighted by Crippen LogP contribution is 2.19. The van der Waals surface area contributed by atoms with Gasteiger partial charge in [-0.15, -0.1) is 0 Å². The Morgan fingerprint density at radius 1 is 1.11 bits per heavy atom. The molecule has 3 aromatic rings. The Kier molecular flexibility index (Phi) is 3.05. The lowest BCUT2D eigenvalue weighted by Crippen LogP contribution is -2.09. The summed E-state index contributed by atoms with van der Waals surface area (Å²) in [5, 5.41) is 0. The standard InChI is InChI=1S/C16H17N3/c1-12-7-8-15-14(9-12)18-16(10-17)19(15)11-13-5-3-2-4-6-13/h2-9H,10-11,17H2,1H3. The van der Waals surface area contributed by atoms with E-state index in [1.54, 1.807) is 0 Å². The van der Waals surface area contributed by atoms with Crippen molar-refractivity contribution >= 4 is 11.0 Å². The average Bonchev–Trinajstić information content (AvgIpc) is 2.77. The van der Waals surface area contributed by atoms with Crippen molar-refractivity contribution in [2.45, 2.75) is 20.0 Å². The second kappa shape index (κ2) is 4.86. The molecular formula is C16H17N3. The number of aryl methyl sites for hydroxylation is 1. The molecule has 3 rings (SSSR count). The predicted octanol–water partition coefficient (Wildman–Crippen LogP) is 2.85. The van der Waals surface area contributed by atoms with Gasteiger partial charge < -0.3 is 10.3 Å². The highest BCUT2D eigenvalue weighted by molar-refractivity contribution is 5.77. The Bertz CT molecular complexity index is 699. The van der Waals surface area contributed by atoms with E-state index >= 15 is 0 Å². The maximum atomic E-state index is 5.82. The van der Waals surface area contributed by atoms with Crippen molar-refractivity contribution in [1.29, 1.82) is 0 Å². The van der Waals surface area contributed by atoms with Gasteiger partial charge in [0.15, 0.2) is 0 Å². The van der Waals surface area contributed by atoms with E-state index in [1.165, 1.54) is 11.1 Å². The minimum Gasteiger partial charge on any atom is -0.324 e. The van der Waals surface area contributed by atoms with E-state index < -0.39 is 0 Å². The number of fused-ring (bicyclic) bond motifs is 1. The van der Waals surface area contributed by atoms with Crippen LogP contribution in [0.1, 0.15) is 17.0 Å². The van der Waals surface area contributed by atoms with Gasteiger partial charge in [0.05, 0.1) is 17.6 Å². The molecule has 0 unspecified atom stereocenters. The molecule has 0 atom stereocenters. The first-order valence-electron chi connectivity index (χ1n) is 6.47. The minimum absolute atomic E-state index is 0.459. The number of rotatable bonds is 3. The van der Waals surface area contributed by atoms with Crippen LogP contribution in [0.5, 0.6) is 0 Å². The van der Waals surface area contributed by atoms with Crippen molar-refractivity contribution < 1.29 is 0 Å². The van der Waals surface area contributed by atoms with Crippen LogP contribution in [0.2, 0.25) is 0 Å². The van der Waals surface area contributed by atoms with Gasteiger partial charge in [0.25, 0.3) is 0 Å². The summed E-state index contributed by atoms with van der Waals surface area (Å²) in [7, 11) is 0. The molecule has 96 valence electrons. The molecule has 0 spiro atoms. The summed E-state index contributed by atoms with van der Waals surface area (Å²) in [6.45, 7) is 3.35. The first kappa shape index (κ1) is 11.9. The molecule has 0 saturated heterocycles. The van der Waals surface area contributed by atoms with E-state index in [4.69, 9.17) is 5.73 Å². The summed E-state index contributed by atoms with van der Waals surface area (Å²) >= 11 is 0. The van der Waals surface area contributed by atoms with Gasteiger partial charge in [0.1, 0.15) is 5.82 Å². The highest BCUT2D eigenvalue weighted by atomic mass is 15.1. The maximum absolute atomic E-state index is 5.82. The van der Waals surface area contributed by atoms with Crippen LogP contribution in [-0.4, -0.2) is 9.55 Å². The number of imidazole rings is 1. The molecular weight excluding hydrogens is 234 g/mol. The smallest absolute Gasteiger partial charge is 0.123 e. The number of hydrogen-bond acceptors (Lipinski definition) is 2. The van der Waals surface area contributed by atoms with Crippen LogP contribution in [-0.2, 0) is 13.1 Å². The molecule has 19 heavy (non-hydrogen) atoms. The molecule has 3 nitrogen and oxygen atoms in total. The monoisotopic (exact) mass is 251 g/mol. The molecule has 0 fully saturated rings. The Morgan fingerprint density at radius 2 is 1.89 bits per heavy atom. The second-order valence-electron chi connectivity index (χ2n) is 4.80. The molecule has 0 aliphatic carbocycles. The molecule has 1 heterocycles. The first-order chi connectivity index (χ1) is 9.28. The fraction of sp³-hybridized carbons (Fsp3) is 0.188. The summed E-state index contributed by atoms with van der Waals surface area (Å²) in [6.07, 6.45) is 0. The van der Waals surface area contributed by atoms with Gasteiger partial charge in [0, 0.05) is 6.54 Å². The number of benzene rings is 2. The van der Waals surface area contributed by atoms with Crippen LogP contribution in [0.4, 0.5) is 0 Å². The van der Waals surface area contributed by atoms with Gasteiger partial charge in [-0.1, -0.05) is 36.4 Å². The fourth-order valence-corrected chi connectivity index (χ4v) is 2.39. The number of nitrogens with two attached hydrogens (primary N) is 1. The summed E-state index contributed by atoms with van der Waals surface area (Å²) in [6, 6.07) is 16.7. The molecule has 1 aromatic heterocycles. The third-order valence-electron chi connectivity index (χ3n) is 3.35. The summed E-state index contributed by atoms with van der Waals surface area (Å²) < 4.78 is 2.20. The van der Waals surface area contributed by atoms with Crippen LogP contribution in [0.25, 0.3) is 11.0 Å². The van der Waals surface area contributed by atoms with E-state index in [9.17, 15) is 0 Å². The van der Waals surface area contributed by atoms with Crippen molar-refractivity contribution in [2.75, 3.05) is 0 Å². The Hall–Kier alpha value is -2.13. The molecule has 0 aliphatic heterocycles. The fourth-order valence-electron chi connectivity index (χ4n) is 2.39. The third kappa shape index (κ3) is 2.25. The lowest BCUT2D eigenvalue weighted by atomic mass is 10.2. The molecule has 0 bridgehead atoms. The van der Waals surface area contributed by atoms with Crippen LogP contribution < -0.4 is 5.73 Å². The van der Waals surface area contributed by atoms with E-state index in [-0.39, 0.29) is 0 Å². The van der Waals surface area contributed by atoms with Crippen molar-refractivity contribution in [3.8, 4) is 0 Å². The third-order valence-corrected chi connectivity index (χ3v) is 3.35. The van der Waals surface area contributed by atoms with Gasteiger partial charge in [-0.25, -0.2) is 4.98 Å². The lowest BCUT2D eigenvalue weighted by molar-refractivity contribution is 0.744. The Morgan fingerprint density at radius 3 is 2.63 bits per heavy atom. The molecule has 3 heteroatoms. The second-order valence-corrected chi connectivity index (χ2v) is 4.80. The average molecular weight is 251 g/mol. The SMILES string of the molecule is Cc1ccc2c(c1)nc(CN)n2Cc1ccccc1. The van der Waals surface area contributed by atoms with Crippen molar-refractivity contribution in [3.63, 3.8) is 0 Å². The lowest BCUT2D eigenvalue weighted by Gasteiger charge is -2.08. The topological polar surface area (TPSA) is 43.8 Å². The van der Waals surface area contributed by atoms with E-state index in [0.717, 1.165) is 23.4 Å². The van der Waals surface area contributed by atoms with Crippen LogP contribution in [0.15, 0.2) is 48.5 Å². The Labute approximate surface area is 112 Å². The van der Waals surface area contributed by atoms with E-state index in [0.29, 0.717) is 6.54 Å².